The van der Waals surface area contributed by atoms with E-state index in [-0.39, 0.29) is 0 Å². The molecule has 0 aliphatic carbocycles. The molecule has 1 aromatic carbocycles. The maximum atomic E-state index is 6.09. The van der Waals surface area contributed by atoms with Crippen molar-refractivity contribution in [2.45, 2.75) is 32.7 Å². The van der Waals surface area contributed by atoms with Gasteiger partial charge in [-0.3, -0.25) is 0 Å². The van der Waals surface area contributed by atoms with Crippen LogP contribution in [-0.4, -0.2) is 41.3 Å². The van der Waals surface area contributed by atoms with Crippen LogP contribution in [0.25, 0.3) is 11.3 Å². The lowest BCUT2D eigenvalue weighted by molar-refractivity contribution is 0.260. The summed E-state index contributed by atoms with van der Waals surface area (Å²) in [6.07, 6.45) is 2.41. The fourth-order valence-corrected chi connectivity index (χ4v) is 3.17. The zero-order valence-electron chi connectivity index (χ0n) is 13.9. The van der Waals surface area contributed by atoms with Crippen molar-refractivity contribution in [1.29, 1.82) is 0 Å². The molecule has 1 aliphatic heterocycles. The lowest BCUT2D eigenvalue weighted by Gasteiger charge is -2.30. The average Bonchev–Trinajstić information content (AvgIpc) is 2.52. The maximum absolute atomic E-state index is 6.09. The largest absolute Gasteiger partial charge is 0.364 e. The van der Waals surface area contributed by atoms with Crippen LogP contribution in [0.4, 0.5) is 5.82 Å². The van der Waals surface area contributed by atoms with Crippen molar-refractivity contribution in [2.75, 3.05) is 25.5 Å². The van der Waals surface area contributed by atoms with Crippen LogP contribution in [0.15, 0.2) is 24.3 Å². The molecular formula is C18H23ClN4. The van der Waals surface area contributed by atoms with Gasteiger partial charge in [-0.25, -0.2) is 0 Å². The molecule has 23 heavy (non-hydrogen) atoms. The van der Waals surface area contributed by atoms with Gasteiger partial charge in [0.15, 0.2) is 5.82 Å². The quantitative estimate of drug-likeness (QED) is 0.926. The summed E-state index contributed by atoms with van der Waals surface area (Å²) in [5, 5.41) is 13.1. The smallest absolute Gasteiger partial charge is 0.151 e. The first-order valence-corrected chi connectivity index (χ1v) is 8.46. The van der Waals surface area contributed by atoms with Gasteiger partial charge >= 0.3 is 0 Å². The van der Waals surface area contributed by atoms with E-state index in [9.17, 15) is 0 Å². The minimum absolute atomic E-state index is 0.449. The first-order valence-electron chi connectivity index (χ1n) is 8.09. The Kier molecular flexibility index (Phi) is 4.83. The van der Waals surface area contributed by atoms with Crippen LogP contribution in [0.1, 0.15) is 24.0 Å². The van der Waals surface area contributed by atoms with Crippen LogP contribution in [0.2, 0.25) is 5.02 Å². The summed E-state index contributed by atoms with van der Waals surface area (Å²) < 4.78 is 0. The van der Waals surface area contributed by atoms with E-state index < -0.39 is 0 Å². The molecule has 0 spiro atoms. The van der Waals surface area contributed by atoms with Crippen molar-refractivity contribution in [3.8, 4) is 11.3 Å². The number of anilines is 1. The Labute approximate surface area is 142 Å². The summed E-state index contributed by atoms with van der Waals surface area (Å²) >= 11 is 6.09. The summed E-state index contributed by atoms with van der Waals surface area (Å²) in [4.78, 5) is 2.36. The number of hydrogen-bond donors (Lipinski definition) is 1. The van der Waals surface area contributed by atoms with E-state index in [1.807, 2.05) is 19.1 Å². The number of hydrogen-bond acceptors (Lipinski definition) is 4. The second kappa shape index (κ2) is 6.85. The highest BCUT2D eigenvalue weighted by molar-refractivity contribution is 6.31. The third-order valence-corrected chi connectivity index (χ3v) is 4.83. The van der Waals surface area contributed by atoms with Crippen molar-refractivity contribution in [2.24, 2.45) is 0 Å². The number of aromatic nitrogens is 2. The van der Waals surface area contributed by atoms with E-state index in [4.69, 9.17) is 11.6 Å². The van der Waals surface area contributed by atoms with Gasteiger partial charge in [0.1, 0.15) is 0 Å². The summed E-state index contributed by atoms with van der Waals surface area (Å²) in [5.74, 6) is 0.889. The van der Waals surface area contributed by atoms with E-state index in [0.717, 1.165) is 39.8 Å². The second-order valence-corrected chi connectivity index (χ2v) is 6.88. The SMILES string of the molecule is Cc1cc(-c2cc(C)c(N[C@@H]3CCCN(C)C3)nn2)ccc1Cl. The van der Waals surface area contributed by atoms with Gasteiger partial charge in [-0.15, -0.1) is 10.2 Å². The molecule has 5 heteroatoms. The van der Waals surface area contributed by atoms with Crippen LogP contribution >= 0.6 is 11.6 Å². The van der Waals surface area contributed by atoms with Crippen molar-refractivity contribution in [1.82, 2.24) is 15.1 Å². The Bertz CT molecular complexity index is 701. The summed E-state index contributed by atoms with van der Waals surface area (Å²) in [7, 11) is 2.17. The summed E-state index contributed by atoms with van der Waals surface area (Å²) in [6.45, 7) is 6.31. The molecule has 2 aromatic rings. The zero-order valence-corrected chi connectivity index (χ0v) is 14.7. The first kappa shape index (κ1) is 16.2. The molecule has 0 bridgehead atoms. The Morgan fingerprint density at radius 1 is 1.17 bits per heavy atom. The molecule has 1 aromatic heterocycles. The molecule has 0 amide bonds. The molecule has 122 valence electrons. The number of benzene rings is 1. The number of piperidine rings is 1. The molecule has 1 saturated heterocycles. The van der Waals surface area contributed by atoms with Gasteiger partial charge in [-0.2, -0.15) is 0 Å². The lowest BCUT2D eigenvalue weighted by Crippen LogP contribution is -2.40. The third-order valence-electron chi connectivity index (χ3n) is 4.40. The standard InChI is InChI=1S/C18H23ClN4/c1-12-9-14(6-7-16(12)19)17-10-13(2)18(22-21-17)20-15-5-4-8-23(3)11-15/h6-7,9-10,15H,4-5,8,11H2,1-3H3,(H,20,22)/t15-/m1/s1. The van der Waals surface area contributed by atoms with E-state index in [1.54, 1.807) is 0 Å². The highest BCUT2D eigenvalue weighted by Crippen LogP contribution is 2.25. The van der Waals surface area contributed by atoms with E-state index in [1.165, 1.54) is 19.4 Å². The molecule has 3 rings (SSSR count). The number of nitrogens with zero attached hydrogens (tertiary/aromatic N) is 3. The zero-order chi connectivity index (χ0) is 16.4. The Balaban J connectivity index is 1.78. The molecule has 1 N–H and O–H groups in total. The molecule has 1 fully saturated rings. The maximum Gasteiger partial charge on any atom is 0.151 e. The molecule has 0 radical (unpaired) electrons. The van der Waals surface area contributed by atoms with Gasteiger partial charge in [-0.1, -0.05) is 17.7 Å². The van der Waals surface area contributed by atoms with Crippen LogP contribution in [0.5, 0.6) is 0 Å². The normalized spacial score (nSPS) is 18.9. The van der Waals surface area contributed by atoms with Crippen LogP contribution < -0.4 is 5.32 Å². The van der Waals surface area contributed by atoms with Crippen molar-refractivity contribution in [3.05, 3.63) is 40.4 Å². The highest BCUT2D eigenvalue weighted by atomic mass is 35.5. The number of halogens is 1. The number of likely N-dealkylation sites (N-methyl/N-ethyl adjacent to an activating group) is 1. The van der Waals surface area contributed by atoms with Gasteiger partial charge in [0.2, 0.25) is 0 Å². The Morgan fingerprint density at radius 3 is 2.70 bits per heavy atom. The number of likely N-dealkylation sites (tertiary alicyclic amines) is 1. The number of aryl methyl sites for hydroxylation is 2. The monoisotopic (exact) mass is 330 g/mol. The molecule has 1 aliphatic rings. The van der Waals surface area contributed by atoms with Gasteiger partial charge < -0.3 is 10.2 Å². The lowest BCUT2D eigenvalue weighted by atomic mass is 10.1. The first-order chi connectivity index (χ1) is 11.0. The minimum atomic E-state index is 0.449. The third kappa shape index (κ3) is 3.82. The summed E-state index contributed by atoms with van der Waals surface area (Å²) in [5.41, 5.74) is 4.10. The van der Waals surface area contributed by atoms with E-state index in [2.05, 4.69) is 46.5 Å². The van der Waals surface area contributed by atoms with Crippen LogP contribution in [0.3, 0.4) is 0 Å². The van der Waals surface area contributed by atoms with Crippen molar-refractivity contribution < 1.29 is 0 Å². The van der Waals surface area contributed by atoms with E-state index >= 15 is 0 Å². The minimum Gasteiger partial charge on any atom is -0.364 e. The van der Waals surface area contributed by atoms with Crippen LogP contribution in [-0.2, 0) is 0 Å². The van der Waals surface area contributed by atoms with Gasteiger partial charge in [0.05, 0.1) is 5.69 Å². The fourth-order valence-electron chi connectivity index (χ4n) is 3.05. The van der Waals surface area contributed by atoms with Gasteiger partial charge in [-0.05, 0) is 69.6 Å². The summed E-state index contributed by atoms with van der Waals surface area (Å²) in [6, 6.07) is 8.49. The molecule has 0 unspecified atom stereocenters. The molecule has 2 heterocycles. The topological polar surface area (TPSA) is 41.0 Å². The Hall–Kier alpha value is -1.65. The predicted octanol–water partition coefficient (Wildman–Crippen LogP) is 3.92. The van der Waals surface area contributed by atoms with Crippen molar-refractivity contribution >= 4 is 17.4 Å². The molecule has 1 atom stereocenters. The number of rotatable bonds is 3. The Morgan fingerprint density at radius 2 is 2.00 bits per heavy atom. The van der Waals surface area contributed by atoms with Crippen molar-refractivity contribution in [3.63, 3.8) is 0 Å². The number of nitrogens with one attached hydrogen (secondary N) is 1. The molecular weight excluding hydrogens is 308 g/mol. The second-order valence-electron chi connectivity index (χ2n) is 6.47. The highest BCUT2D eigenvalue weighted by Gasteiger charge is 2.18. The molecule has 0 saturated carbocycles. The van der Waals surface area contributed by atoms with Gasteiger partial charge in [0.25, 0.3) is 0 Å². The van der Waals surface area contributed by atoms with Crippen LogP contribution in [0, 0.1) is 13.8 Å². The average molecular weight is 331 g/mol. The molecule has 4 nitrogen and oxygen atoms in total. The fraction of sp³-hybridized carbons (Fsp3) is 0.444. The van der Waals surface area contributed by atoms with E-state index in [0.29, 0.717) is 6.04 Å². The van der Waals surface area contributed by atoms with Gasteiger partial charge in [0, 0.05) is 23.2 Å². The predicted molar refractivity (Wildman–Crippen MR) is 96.1 cm³/mol.